The van der Waals surface area contributed by atoms with Gasteiger partial charge in [0, 0.05) is 0 Å². The van der Waals surface area contributed by atoms with E-state index in [1.165, 1.54) is 12.1 Å². The molecular weight excluding hydrogens is 220 g/mol. The fourth-order valence-corrected chi connectivity index (χ4v) is 1.96. The van der Waals surface area contributed by atoms with Crippen LogP contribution in [0.25, 0.3) is 11.0 Å². The van der Waals surface area contributed by atoms with Crippen LogP contribution in [0.15, 0.2) is 35.3 Å². The Balaban J connectivity index is 3.06. The minimum Gasteiger partial charge on any atom is -0.269 e. The maximum Gasteiger partial charge on any atom is 0.367 e. The summed E-state index contributed by atoms with van der Waals surface area (Å²) < 4.78 is 31.1. The van der Waals surface area contributed by atoms with E-state index in [1.807, 2.05) is 0 Å². The zero-order valence-corrected chi connectivity index (χ0v) is 8.18. The topological polar surface area (TPSA) is 89.3 Å². The van der Waals surface area contributed by atoms with Gasteiger partial charge in [-0.15, -0.1) is 0 Å². The van der Waals surface area contributed by atoms with Gasteiger partial charge in [0.25, 0.3) is 5.56 Å². The molecule has 15 heavy (non-hydrogen) atoms. The van der Waals surface area contributed by atoms with Crippen molar-refractivity contribution in [3.8, 4) is 0 Å². The van der Waals surface area contributed by atoms with Crippen molar-refractivity contribution in [1.29, 1.82) is 0 Å². The smallest absolute Gasteiger partial charge is 0.269 e. The lowest BCUT2D eigenvalue weighted by Gasteiger charge is -2.04. The van der Waals surface area contributed by atoms with Crippen LogP contribution in [0, 0.1) is 0 Å². The third-order valence-corrected chi connectivity index (χ3v) is 2.68. The summed E-state index contributed by atoms with van der Waals surface area (Å²) in [6.07, 6.45) is 0.843. The maximum atomic E-state index is 11.2. The van der Waals surface area contributed by atoms with Crippen LogP contribution in [-0.2, 0) is 10.3 Å². The highest BCUT2D eigenvalue weighted by molar-refractivity contribution is 7.84. The van der Waals surface area contributed by atoms with Crippen molar-refractivity contribution in [2.24, 2.45) is 0 Å². The molecule has 0 spiro atoms. The van der Waals surface area contributed by atoms with E-state index < -0.39 is 15.9 Å². The van der Waals surface area contributed by atoms with Crippen molar-refractivity contribution in [2.45, 2.75) is 0 Å². The molecular formula is C8H6N2O4S. The van der Waals surface area contributed by atoms with Crippen LogP contribution in [0.3, 0.4) is 0 Å². The van der Waals surface area contributed by atoms with E-state index in [2.05, 4.69) is 4.98 Å². The lowest BCUT2D eigenvalue weighted by atomic mass is 10.3. The standard InChI is InChI=1S/C8H6N2O4S/c11-8-5-9-6-3-1-2-4-7(6)10(8)15(12,13)14/h1-5H,(H,12,13,14). The fraction of sp³-hybridized carbons (Fsp3) is 0. The summed E-state index contributed by atoms with van der Waals surface area (Å²) in [4.78, 5) is 15.0. The summed E-state index contributed by atoms with van der Waals surface area (Å²) >= 11 is 0. The molecule has 1 N–H and O–H groups in total. The Bertz CT molecular complexity index is 674. The van der Waals surface area contributed by atoms with Crippen LogP contribution in [0.4, 0.5) is 0 Å². The molecule has 0 aliphatic heterocycles. The third kappa shape index (κ3) is 1.62. The number of hydrogen-bond acceptors (Lipinski definition) is 4. The highest BCUT2D eigenvalue weighted by atomic mass is 32.2. The number of fused-ring (bicyclic) bond motifs is 1. The first-order valence-corrected chi connectivity index (χ1v) is 5.34. The van der Waals surface area contributed by atoms with Gasteiger partial charge in [0.2, 0.25) is 0 Å². The first-order valence-electron chi connectivity index (χ1n) is 3.95. The van der Waals surface area contributed by atoms with Gasteiger partial charge in [0.1, 0.15) is 0 Å². The minimum atomic E-state index is -4.60. The number of para-hydroxylation sites is 2. The molecule has 7 heteroatoms. The Labute approximate surface area is 84.7 Å². The van der Waals surface area contributed by atoms with Gasteiger partial charge < -0.3 is 0 Å². The summed E-state index contributed by atoms with van der Waals surface area (Å²) in [5, 5.41) is 0. The van der Waals surface area contributed by atoms with Gasteiger partial charge in [-0.25, -0.2) is 4.98 Å². The van der Waals surface area contributed by atoms with E-state index >= 15 is 0 Å². The second-order valence-corrected chi connectivity index (χ2v) is 4.09. The zero-order chi connectivity index (χ0) is 11.1. The van der Waals surface area contributed by atoms with E-state index in [0.717, 1.165) is 6.20 Å². The molecule has 0 saturated carbocycles. The van der Waals surface area contributed by atoms with Gasteiger partial charge in [-0.1, -0.05) is 12.1 Å². The van der Waals surface area contributed by atoms with Crippen molar-refractivity contribution in [2.75, 3.05) is 0 Å². The molecule has 0 fully saturated rings. The van der Waals surface area contributed by atoms with Gasteiger partial charge in [-0.2, -0.15) is 12.4 Å². The van der Waals surface area contributed by atoms with Crippen LogP contribution >= 0.6 is 0 Å². The monoisotopic (exact) mass is 226 g/mol. The molecule has 1 aromatic carbocycles. The Morgan fingerprint density at radius 3 is 2.60 bits per heavy atom. The first kappa shape index (κ1) is 9.81. The van der Waals surface area contributed by atoms with E-state index in [-0.39, 0.29) is 5.52 Å². The van der Waals surface area contributed by atoms with Crippen LogP contribution in [-0.4, -0.2) is 21.9 Å². The van der Waals surface area contributed by atoms with E-state index in [9.17, 15) is 13.2 Å². The number of nitrogens with zero attached hydrogens (tertiary/aromatic N) is 2. The summed E-state index contributed by atoms with van der Waals surface area (Å²) in [5.41, 5.74) is -0.529. The van der Waals surface area contributed by atoms with Crippen molar-refractivity contribution in [3.63, 3.8) is 0 Å². The largest absolute Gasteiger partial charge is 0.367 e. The molecule has 6 nitrogen and oxygen atoms in total. The Morgan fingerprint density at radius 1 is 1.27 bits per heavy atom. The van der Waals surface area contributed by atoms with Crippen molar-refractivity contribution >= 4 is 21.3 Å². The highest BCUT2D eigenvalue weighted by Gasteiger charge is 2.14. The molecule has 1 aromatic heterocycles. The number of rotatable bonds is 1. The first-order chi connectivity index (χ1) is 7.00. The van der Waals surface area contributed by atoms with Crippen LogP contribution < -0.4 is 5.56 Å². The zero-order valence-electron chi connectivity index (χ0n) is 7.36. The predicted octanol–water partition coefficient (Wildman–Crippen LogP) is 0.0474. The molecule has 0 radical (unpaired) electrons. The Kier molecular flexibility index (Phi) is 2.06. The van der Waals surface area contributed by atoms with E-state index in [1.54, 1.807) is 12.1 Å². The SMILES string of the molecule is O=c1cnc2ccccc2n1S(=O)(=O)O. The summed E-state index contributed by atoms with van der Waals surface area (Å²) in [7, 11) is -4.60. The quantitative estimate of drug-likeness (QED) is 0.694. The normalized spacial score (nSPS) is 11.8. The van der Waals surface area contributed by atoms with Gasteiger partial charge in [-0.05, 0) is 12.1 Å². The molecule has 2 rings (SSSR count). The van der Waals surface area contributed by atoms with Crippen molar-refractivity contribution in [3.05, 3.63) is 40.8 Å². The minimum absolute atomic E-state index is 0.0486. The molecule has 1 heterocycles. The van der Waals surface area contributed by atoms with E-state index in [0.29, 0.717) is 9.49 Å². The lowest BCUT2D eigenvalue weighted by Crippen LogP contribution is -2.26. The maximum absolute atomic E-state index is 11.2. The second-order valence-electron chi connectivity index (χ2n) is 2.83. The highest BCUT2D eigenvalue weighted by Crippen LogP contribution is 2.09. The predicted molar refractivity (Wildman–Crippen MR) is 52.9 cm³/mol. The molecule has 2 aromatic rings. The molecule has 0 aliphatic rings. The van der Waals surface area contributed by atoms with E-state index in [4.69, 9.17) is 4.55 Å². The second kappa shape index (κ2) is 3.14. The van der Waals surface area contributed by atoms with Crippen LogP contribution in [0.5, 0.6) is 0 Å². The number of hydrogen-bond donors (Lipinski definition) is 1. The third-order valence-electron chi connectivity index (χ3n) is 1.85. The number of benzene rings is 1. The van der Waals surface area contributed by atoms with Gasteiger partial charge in [0.05, 0.1) is 17.2 Å². The molecule has 0 amide bonds. The van der Waals surface area contributed by atoms with Crippen LogP contribution in [0.2, 0.25) is 0 Å². The van der Waals surface area contributed by atoms with Crippen LogP contribution in [0.1, 0.15) is 0 Å². The average molecular weight is 226 g/mol. The molecule has 0 saturated heterocycles. The summed E-state index contributed by atoms with van der Waals surface area (Å²) in [6, 6.07) is 6.12. The Morgan fingerprint density at radius 2 is 1.93 bits per heavy atom. The van der Waals surface area contributed by atoms with Gasteiger partial charge in [-0.3, -0.25) is 9.35 Å². The van der Waals surface area contributed by atoms with Gasteiger partial charge >= 0.3 is 10.3 Å². The molecule has 0 unspecified atom stereocenters. The molecule has 0 bridgehead atoms. The molecule has 0 aliphatic carbocycles. The fourth-order valence-electron chi connectivity index (χ4n) is 1.28. The molecule has 0 atom stereocenters. The van der Waals surface area contributed by atoms with Crippen molar-refractivity contribution in [1.82, 2.24) is 8.96 Å². The molecule has 78 valence electrons. The number of aromatic nitrogens is 2. The lowest BCUT2D eigenvalue weighted by molar-refractivity contribution is 0.472. The Hall–Kier alpha value is -1.73. The van der Waals surface area contributed by atoms with Crippen molar-refractivity contribution < 1.29 is 13.0 Å². The van der Waals surface area contributed by atoms with Gasteiger partial charge in [0.15, 0.2) is 0 Å². The summed E-state index contributed by atoms with van der Waals surface area (Å²) in [5.74, 6) is 0. The summed E-state index contributed by atoms with van der Waals surface area (Å²) in [6.45, 7) is 0. The average Bonchev–Trinajstić information content (AvgIpc) is 2.15.